The van der Waals surface area contributed by atoms with Crippen LogP contribution in [-0.2, 0) is 4.74 Å². The number of aliphatic hydroxyl groups is 1. The summed E-state index contributed by atoms with van der Waals surface area (Å²) in [6, 6.07) is 0. The Balaban J connectivity index is 3.29. The van der Waals surface area contributed by atoms with E-state index in [1.165, 1.54) is 6.42 Å². The van der Waals surface area contributed by atoms with Gasteiger partial charge in [0, 0.05) is 26.2 Å². The minimum Gasteiger partial charge on any atom is -0.390 e. The molecule has 0 aliphatic rings. The van der Waals surface area contributed by atoms with Crippen molar-refractivity contribution in [2.45, 2.75) is 39.7 Å². The van der Waals surface area contributed by atoms with Gasteiger partial charge in [-0.2, -0.15) is 0 Å². The highest BCUT2D eigenvalue weighted by Gasteiger charge is 2.07. The minimum atomic E-state index is -0.287. The number of ether oxygens (including phenoxy) is 1. The lowest BCUT2D eigenvalue weighted by Gasteiger charge is -2.22. The van der Waals surface area contributed by atoms with Crippen LogP contribution >= 0.6 is 0 Å². The normalized spacial score (nSPS) is 13.2. The fourth-order valence-electron chi connectivity index (χ4n) is 1.61. The van der Waals surface area contributed by atoms with Gasteiger partial charge in [0.2, 0.25) is 0 Å². The first-order chi connectivity index (χ1) is 8.24. The van der Waals surface area contributed by atoms with E-state index >= 15 is 0 Å². The molecule has 0 saturated carbocycles. The van der Waals surface area contributed by atoms with E-state index in [0.29, 0.717) is 6.54 Å². The Morgan fingerprint density at radius 3 is 2.47 bits per heavy atom. The topological polar surface area (TPSA) is 44.7 Å². The van der Waals surface area contributed by atoms with E-state index in [4.69, 9.17) is 4.74 Å². The van der Waals surface area contributed by atoms with Crippen molar-refractivity contribution in [1.29, 1.82) is 0 Å². The fraction of sp³-hybridized carbons (Fsp3) is 1.00. The maximum atomic E-state index is 9.78. The Morgan fingerprint density at radius 1 is 1.18 bits per heavy atom. The molecule has 0 spiro atoms. The van der Waals surface area contributed by atoms with Crippen LogP contribution < -0.4 is 5.32 Å². The predicted octanol–water partition coefficient (Wildman–Crippen LogP) is 1.10. The number of nitrogens with zero attached hydrogens (tertiary/aromatic N) is 1. The van der Waals surface area contributed by atoms with Crippen molar-refractivity contribution in [3.05, 3.63) is 0 Å². The van der Waals surface area contributed by atoms with Gasteiger partial charge >= 0.3 is 0 Å². The second-order valence-electron chi connectivity index (χ2n) is 4.31. The maximum absolute atomic E-state index is 9.78. The quantitative estimate of drug-likeness (QED) is 0.506. The highest BCUT2D eigenvalue weighted by molar-refractivity contribution is 4.64. The van der Waals surface area contributed by atoms with Gasteiger partial charge in [-0.1, -0.05) is 27.2 Å². The van der Waals surface area contributed by atoms with Gasteiger partial charge < -0.3 is 20.1 Å². The van der Waals surface area contributed by atoms with Crippen LogP contribution in [-0.4, -0.2) is 62.0 Å². The summed E-state index contributed by atoms with van der Waals surface area (Å²) < 4.78 is 5.42. The van der Waals surface area contributed by atoms with Crippen molar-refractivity contribution in [3.8, 4) is 0 Å². The van der Waals surface area contributed by atoms with E-state index in [1.54, 1.807) is 0 Å². The molecule has 0 aromatic heterocycles. The van der Waals surface area contributed by atoms with E-state index in [-0.39, 0.29) is 6.10 Å². The lowest BCUT2D eigenvalue weighted by molar-refractivity contribution is 0.106. The molecule has 0 aromatic carbocycles. The van der Waals surface area contributed by atoms with Crippen LogP contribution in [0.25, 0.3) is 0 Å². The Bertz CT molecular complexity index is 152. The molecule has 4 nitrogen and oxygen atoms in total. The first-order valence-corrected chi connectivity index (χ1v) is 6.93. The van der Waals surface area contributed by atoms with Gasteiger partial charge in [0.15, 0.2) is 0 Å². The van der Waals surface area contributed by atoms with E-state index in [0.717, 1.165) is 45.8 Å². The number of likely N-dealkylation sites (N-methyl/N-ethyl adjacent to an activating group) is 1. The third-order valence-electron chi connectivity index (χ3n) is 2.81. The van der Waals surface area contributed by atoms with E-state index < -0.39 is 0 Å². The van der Waals surface area contributed by atoms with Crippen molar-refractivity contribution in [3.63, 3.8) is 0 Å². The predicted molar refractivity (Wildman–Crippen MR) is 72.4 cm³/mol. The van der Waals surface area contributed by atoms with Gasteiger partial charge in [0.25, 0.3) is 0 Å². The number of hydrogen-bond acceptors (Lipinski definition) is 4. The van der Waals surface area contributed by atoms with Crippen LogP contribution in [0.1, 0.15) is 33.6 Å². The highest BCUT2D eigenvalue weighted by Crippen LogP contribution is 1.91. The Hall–Kier alpha value is -0.160. The second-order valence-corrected chi connectivity index (χ2v) is 4.31. The molecule has 104 valence electrons. The van der Waals surface area contributed by atoms with Crippen molar-refractivity contribution in [2.24, 2.45) is 0 Å². The smallest absolute Gasteiger partial charge is 0.0791 e. The van der Waals surface area contributed by atoms with Gasteiger partial charge in [-0.05, 0) is 19.5 Å². The SMILES string of the molecule is CCCCOCCNCC(O)CN(CC)CC. The molecule has 0 rings (SSSR count). The molecule has 2 N–H and O–H groups in total. The average molecular weight is 246 g/mol. The van der Waals surface area contributed by atoms with Crippen LogP contribution in [0.2, 0.25) is 0 Å². The third kappa shape index (κ3) is 10.7. The van der Waals surface area contributed by atoms with Crippen molar-refractivity contribution < 1.29 is 9.84 Å². The van der Waals surface area contributed by atoms with Crippen LogP contribution in [0.15, 0.2) is 0 Å². The van der Waals surface area contributed by atoms with Gasteiger partial charge in [-0.15, -0.1) is 0 Å². The largest absolute Gasteiger partial charge is 0.390 e. The maximum Gasteiger partial charge on any atom is 0.0791 e. The number of rotatable bonds is 12. The first kappa shape index (κ1) is 16.8. The third-order valence-corrected chi connectivity index (χ3v) is 2.81. The monoisotopic (exact) mass is 246 g/mol. The lowest BCUT2D eigenvalue weighted by atomic mass is 10.3. The minimum absolute atomic E-state index is 0.287. The molecule has 1 unspecified atom stereocenters. The first-order valence-electron chi connectivity index (χ1n) is 6.93. The molecule has 0 amide bonds. The standard InChI is InChI=1S/C13H30N2O2/c1-4-7-9-17-10-8-14-11-13(16)12-15(5-2)6-3/h13-14,16H,4-12H2,1-3H3. The van der Waals surface area contributed by atoms with Gasteiger partial charge in [0.1, 0.15) is 0 Å². The molecule has 4 heteroatoms. The summed E-state index contributed by atoms with van der Waals surface area (Å²) in [6.45, 7) is 12.2. The van der Waals surface area contributed by atoms with Crippen LogP contribution in [0.4, 0.5) is 0 Å². The zero-order chi connectivity index (χ0) is 12.9. The molecular weight excluding hydrogens is 216 g/mol. The fourth-order valence-corrected chi connectivity index (χ4v) is 1.61. The summed E-state index contributed by atoms with van der Waals surface area (Å²) in [5.41, 5.74) is 0. The van der Waals surface area contributed by atoms with Crippen molar-refractivity contribution >= 4 is 0 Å². The number of aliphatic hydroxyl groups excluding tert-OH is 1. The molecule has 0 saturated heterocycles. The Labute approximate surface area is 106 Å². The van der Waals surface area contributed by atoms with Crippen molar-refractivity contribution in [1.82, 2.24) is 10.2 Å². The molecule has 0 aromatic rings. The summed E-state index contributed by atoms with van der Waals surface area (Å²) in [7, 11) is 0. The Morgan fingerprint density at radius 2 is 1.88 bits per heavy atom. The van der Waals surface area contributed by atoms with E-state index in [2.05, 4.69) is 31.0 Å². The van der Waals surface area contributed by atoms with E-state index in [9.17, 15) is 5.11 Å². The highest BCUT2D eigenvalue weighted by atomic mass is 16.5. The zero-order valence-corrected chi connectivity index (χ0v) is 11.7. The number of nitrogens with one attached hydrogen (secondary N) is 1. The van der Waals surface area contributed by atoms with Gasteiger partial charge in [0.05, 0.1) is 12.7 Å². The molecule has 0 aliphatic carbocycles. The summed E-state index contributed by atoms with van der Waals surface area (Å²) >= 11 is 0. The molecule has 1 atom stereocenters. The van der Waals surface area contributed by atoms with E-state index in [1.807, 2.05) is 0 Å². The van der Waals surface area contributed by atoms with Crippen LogP contribution in [0, 0.1) is 0 Å². The average Bonchev–Trinajstić information content (AvgIpc) is 2.34. The lowest BCUT2D eigenvalue weighted by Crippen LogP contribution is -2.39. The summed E-state index contributed by atoms with van der Waals surface area (Å²) in [5, 5.41) is 13.0. The molecule has 0 radical (unpaired) electrons. The number of unbranched alkanes of at least 4 members (excludes halogenated alkanes) is 1. The summed E-state index contributed by atoms with van der Waals surface area (Å²) in [6.07, 6.45) is 2.02. The summed E-state index contributed by atoms with van der Waals surface area (Å²) in [5.74, 6) is 0. The molecule has 0 aliphatic heterocycles. The molecule has 17 heavy (non-hydrogen) atoms. The van der Waals surface area contributed by atoms with Crippen molar-refractivity contribution in [2.75, 3.05) is 45.9 Å². The van der Waals surface area contributed by atoms with Crippen LogP contribution in [0.5, 0.6) is 0 Å². The summed E-state index contributed by atoms with van der Waals surface area (Å²) in [4.78, 5) is 2.23. The Kier molecular flexibility index (Phi) is 12.2. The molecule has 0 fully saturated rings. The molecule has 0 heterocycles. The molecular formula is C13H30N2O2. The number of hydrogen-bond donors (Lipinski definition) is 2. The van der Waals surface area contributed by atoms with Gasteiger partial charge in [-0.3, -0.25) is 0 Å². The zero-order valence-electron chi connectivity index (χ0n) is 11.7. The van der Waals surface area contributed by atoms with Gasteiger partial charge in [-0.25, -0.2) is 0 Å². The molecule has 0 bridgehead atoms. The second kappa shape index (κ2) is 12.3. The van der Waals surface area contributed by atoms with Crippen LogP contribution in [0.3, 0.4) is 0 Å².